The van der Waals surface area contributed by atoms with Gasteiger partial charge in [-0.05, 0) is 49.2 Å². The highest BCUT2D eigenvalue weighted by Crippen LogP contribution is 2.17. The molecule has 0 radical (unpaired) electrons. The van der Waals surface area contributed by atoms with E-state index in [1.165, 1.54) is 0 Å². The molecule has 0 bridgehead atoms. The molecule has 21 heavy (non-hydrogen) atoms. The lowest BCUT2D eigenvalue weighted by Crippen LogP contribution is -2.17. The summed E-state index contributed by atoms with van der Waals surface area (Å²) in [5.41, 5.74) is 3.52. The fourth-order valence-electron chi connectivity index (χ4n) is 2.44. The first-order chi connectivity index (χ1) is 10.1. The maximum atomic E-state index is 11.2. The Labute approximate surface area is 121 Å². The molecule has 0 fully saturated rings. The fourth-order valence-corrected chi connectivity index (χ4v) is 2.44. The Morgan fingerprint density at radius 3 is 2.57 bits per heavy atom. The van der Waals surface area contributed by atoms with Crippen LogP contribution < -0.4 is 11.0 Å². The van der Waals surface area contributed by atoms with Crippen LogP contribution in [0.3, 0.4) is 0 Å². The molecule has 1 aromatic heterocycles. The van der Waals surface area contributed by atoms with E-state index < -0.39 is 0 Å². The number of phenols is 1. The van der Waals surface area contributed by atoms with Crippen LogP contribution in [0, 0.1) is 0 Å². The minimum Gasteiger partial charge on any atom is -0.508 e. The molecule has 5 nitrogen and oxygen atoms in total. The van der Waals surface area contributed by atoms with Gasteiger partial charge in [0, 0.05) is 11.7 Å². The monoisotopic (exact) mass is 283 g/mol. The Hall–Kier alpha value is -2.69. The summed E-state index contributed by atoms with van der Waals surface area (Å²) >= 11 is 0. The number of anilines is 1. The normalized spacial score (nSPS) is 12.4. The van der Waals surface area contributed by atoms with Crippen molar-refractivity contribution in [1.29, 1.82) is 0 Å². The number of fused-ring (bicyclic) bond motifs is 1. The first-order valence-electron chi connectivity index (χ1n) is 6.86. The second-order valence-electron chi connectivity index (χ2n) is 5.26. The molecule has 0 aliphatic carbocycles. The van der Waals surface area contributed by atoms with E-state index in [0.29, 0.717) is 0 Å². The third-order valence-corrected chi connectivity index (χ3v) is 3.41. The number of phenolic OH excluding ortho intramolecular Hbond substituents is 1. The summed E-state index contributed by atoms with van der Waals surface area (Å²) in [6, 6.07) is 13.2. The zero-order valence-corrected chi connectivity index (χ0v) is 11.7. The van der Waals surface area contributed by atoms with Crippen LogP contribution in [0.25, 0.3) is 11.0 Å². The van der Waals surface area contributed by atoms with Gasteiger partial charge >= 0.3 is 5.69 Å². The van der Waals surface area contributed by atoms with E-state index in [0.717, 1.165) is 28.7 Å². The van der Waals surface area contributed by atoms with Crippen molar-refractivity contribution in [1.82, 2.24) is 9.97 Å². The predicted octanol–water partition coefficient (Wildman–Crippen LogP) is 2.60. The number of aromatic nitrogens is 2. The first kappa shape index (κ1) is 13.3. The summed E-state index contributed by atoms with van der Waals surface area (Å²) in [6.07, 6.45) is 0.849. The van der Waals surface area contributed by atoms with Gasteiger partial charge in [0.15, 0.2) is 0 Å². The van der Waals surface area contributed by atoms with E-state index in [1.54, 1.807) is 12.1 Å². The third kappa shape index (κ3) is 3.08. The predicted molar refractivity (Wildman–Crippen MR) is 83.8 cm³/mol. The molecule has 108 valence electrons. The van der Waals surface area contributed by atoms with Crippen LogP contribution in [-0.2, 0) is 6.42 Å². The molecule has 5 heteroatoms. The lowest BCUT2D eigenvalue weighted by Gasteiger charge is -2.15. The van der Waals surface area contributed by atoms with Crippen LogP contribution in [0.5, 0.6) is 5.75 Å². The molecule has 1 unspecified atom stereocenters. The average Bonchev–Trinajstić information content (AvgIpc) is 2.80. The lowest BCUT2D eigenvalue weighted by molar-refractivity contribution is 0.475. The molecule has 3 rings (SSSR count). The topological polar surface area (TPSA) is 80.9 Å². The van der Waals surface area contributed by atoms with Gasteiger partial charge in [0.25, 0.3) is 0 Å². The van der Waals surface area contributed by atoms with Crippen molar-refractivity contribution in [3.05, 3.63) is 58.5 Å². The summed E-state index contributed by atoms with van der Waals surface area (Å²) in [7, 11) is 0. The van der Waals surface area contributed by atoms with Crippen molar-refractivity contribution in [2.75, 3.05) is 5.32 Å². The van der Waals surface area contributed by atoms with Gasteiger partial charge in [0.2, 0.25) is 0 Å². The Kier molecular flexibility index (Phi) is 3.39. The van der Waals surface area contributed by atoms with Crippen LogP contribution in [-0.4, -0.2) is 21.1 Å². The maximum absolute atomic E-state index is 11.2. The lowest BCUT2D eigenvalue weighted by atomic mass is 10.1. The summed E-state index contributed by atoms with van der Waals surface area (Å²) in [5, 5.41) is 12.7. The van der Waals surface area contributed by atoms with Crippen molar-refractivity contribution >= 4 is 16.7 Å². The van der Waals surface area contributed by atoms with E-state index in [2.05, 4.69) is 22.2 Å². The molecule has 2 aromatic carbocycles. The van der Waals surface area contributed by atoms with E-state index in [9.17, 15) is 9.90 Å². The largest absolute Gasteiger partial charge is 0.508 e. The number of H-pyrrole nitrogens is 2. The number of imidazole rings is 1. The van der Waals surface area contributed by atoms with Gasteiger partial charge < -0.3 is 20.4 Å². The molecule has 0 spiro atoms. The fraction of sp³-hybridized carbons (Fsp3) is 0.188. The van der Waals surface area contributed by atoms with Gasteiger partial charge in [-0.2, -0.15) is 0 Å². The summed E-state index contributed by atoms with van der Waals surface area (Å²) in [4.78, 5) is 16.7. The van der Waals surface area contributed by atoms with Gasteiger partial charge in [-0.3, -0.25) is 0 Å². The van der Waals surface area contributed by atoms with Gasteiger partial charge in [-0.25, -0.2) is 4.79 Å². The molecule has 3 aromatic rings. The SMILES string of the molecule is CC(Cc1ccc(O)cc1)Nc1ccc2[nH]c(=O)[nH]c2c1. The highest BCUT2D eigenvalue weighted by molar-refractivity contribution is 5.78. The zero-order chi connectivity index (χ0) is 14.8. The molecule has 0 saturated carbocycles. The van der Waals surface area contributed by atoms with E-state index in [4.69, 9.17) is 0 Å². The number of nitrogens with one attached hydrogen (secondary N) is 3. The number of hydrogen-bond acceptors (Lipinski definition) is 3. The number of benzene rings is 2. The number of rotatable bonds is 4. The average molecular weight is 283 g/mol. The Balaban J connectivity index is 1.71. The molecule has 1 atom stereocenters. The molecule has 0 aliphatic heterocycles. The molecular formula is C16H17N3O2. The molecular weight excluding hydrogens is 266 g/mol. The van der Waals surface area contributed by atoms with Crippen LogP contribution >= 0.6 is 0 Å². The van der Waals surface area contributed by atoms with Crippen LogP contribution in [0.15, 0.2) is 47.3 Å². The number of hydrogen-bond donors (Lipinski definition) is 4. The second-order valence-corrected chi connectivity index (χ2v) is 5.26. The molecule has 1 heterocycles. The highest BCUT2D eigenvalue weighted by Gasteiger charge is 2.05. The van der Waals surface area contributed by atoms with Crippen molar-refractivity contribution in [2.45, 2.75) is 19.4 Å². The minimum atomic E-state index is -0.195. The first-order valence-corrected chi connectivity index (χ1v) is 6.86. The van der Waals surface area contributed by atoms with Crippen LogP contribution in [0.1, 0.15) is 12.5 Å². The molecule has 4 N–H and O–H groups in total. The molecule has 0 saturated heterocycles. The standard InChI is InChI=1S/C16H17N3O2/c1-10(8-11-2-5-13(20)6-3-11)17-12-4-7-14-15(9-12)19-16(21)18-14/h2-7,9-10,17,20H,8H2,1H3,(H2,18,19,21). The maximum Gasteiger partial charge on any atom is 0.323 e. The van der Waals surface area contributed by atoms with E-state index in [-0.39, 0.29) is 17.5 Å². The molecule has 0 amide bonds. The molecule has 0 aliphatic rings. The number of aromatic hydroxyl groups is 1. The minimum absolute atomic E-state index is 0.195. The quantitative estimate of drug-likeness (QED) is 0.594. The summed E-state index contributed by atoms with van der Waals surface area (Å²) in [5.74, 6) is 0.279. The van der Waals surface area contributed by atoms with Crippen molar-refractivity contribution in [3.63, 3.8) is 0 Å². The Morgan fingerprint density at radius 2 is 1.81 bits per heavy atom. The number of aromatic amines is 2. The van der Waals surface area contributed by atoms with Gasteiger partial charge in [-0.1, -0.05) is 12.1 Å². The smallest absolute Gasteiger partial charge is 0.323 e. The van der Waals surface area contributed by atoms with Gasteiger partial charge in [0.05, 0.1) is 11.0 Å². The van der Waals surface area contributed by atoms with Gasteiger partial charge in [0.1, 0.15) is 5.75 Å². The van der Waals surface area contributed by atoms with Crippen LogP contribution in [0.4, 0.5) is 5.69 Å². The Morgan fingerprint density at radius 1 is 1.10 bits per heavy atom. The van der Waals surface area contributed by atoms with Crippen molar-refractivity contribution in [2.24, 2.45) is 0 Å². The Bertz CT molecular complexity index is 802. The van der Waals surface area contributed by atoms with E-state index >= 15 is 0 Å². The van der Waals surface area contributed by atoms with E-state index in [1.807, 2.05) is 30.3 Å². The highest BCUT2D eigenvalue weighted by atomic mass is 16.3. The van der Waals surface area contributed by atoms with Crippen molar-refractivity contribution in [3.8, 4) is 5.75 Å². The summed E-state index contributed by atoms with van der Waals surface area (Å²) in [6.45, 7) is 2.09. The second kappa shape index (κ2) is 5.36. The van der Waals surface area contributed by atoms with Crippen molar-refractivity contribution < 1.29 is 5.11 Å². The third-order valence-electron chi connectivity index (χ3n) is 3.41. The summed E-state index contributed by atoms with van der Waals surface area (Å²) < 4.78 is 0. The van der Waals surface area contributed by atoms with Gasteiger partial charge in [-0.15, -0.1) is 0 Å². The zero-order valence-electron chi connectivity index (χ0n) is 11.7. The van der Waals surface area contributed by atoms with Crippen LogP contribution in [0.2, 0.25) is 0 Å².